The van der Waals surface area contributed by atoms with Gasteiger partial charge in [0.05, 0.1) is 5.41 Å². The molecule has 0 spiro atoms. The molecule has 0 unspecified atom stereocenters. The van der Waals surface area contributed by atoms with E-state index in [1.165, 1.54) is 12.1 Å². The lowest BCUT2D eigenvalue weighted by Crippen LogP contribution is -2.51. The predicted molar refractivity (Wildman–Crippen MR) is 93.3 cm³/mol. The summed E-state index contributed by atoms with van der Waals surface area (Å²) in [7, 11) is 0. The fraction of sp³-hybridized carbons (Fsp3) is 0.350. The van der Waals surface area contributed by atoms with Crippen LogP contribution < -0.4 is 10.6 Å². The van der Waals surface area contributed by atoms with Gasteiger partial charge in [-0.05, 0) is 55.6 Å². The summed E-state index contributed by atoms with van der Waals surface area (Å²) >= 11 is 0. The molecule has 1 fully saturated rings. The van der Waals surface area contributed by atoms with E-state index in [1.807, 2.05) is 30.3 Å². The van der Waals surface area contributed by atoms with E-state index in [2.05, 4.69) is 10.6 Å². The smallest absolute Gasteiger partial charge is 0.230 e. The van der Waals surface area contributed by atoms with Gasteiger partial charge in [-0.2, -0.15) is 0 Å². The molecule has 1 heterocycles. The number of benzene rings is 2. The van der Waals surface area contributed by atoms with Crippen LogP contribution in [0.15, 0.2) is 54.6 Å². The summed E-state index contributed by atoms with van der Waals surface area (Å²) in [6, 6.07) is 16.5. The van der Waals surface area contributed by atoms with E-state index in [4.69, 9.17) is 0 Å². The molecule has 0 radical (unpaired) electrons. The number of nitrogens with one attached hydrogen (secondary N) is 2. The number of hydrogen-bond donors (Lipinski definition) is 2. The molecule has 0 atom stereocenters. The first-order valence-electron chi connectivity index (χ1n) is 8.50. The minimum absolute atomic E-state index is 0.0947. The number of hydrogen-bond acceptors (Lipinski definition) is 2. The highest BCUT2D eigenvalue weighted by Crippen LogP contribution is 2.33. The van der Waals surface area contributed by atoms with Gasteiger partial charge < -0.3 is 10.6 Å². The molecule has 0 bridgehead atoms. The van der Waals surface area contributed by atoms with E-state index in [0.717, 1.165) is 37.1 Å². The van der Waals surface area contributed by atoms with Gasteiger partial charge in [0, 0.05) is 6.54 Å². The van der Waals surface area contributed by atoms with Crippen molar-refractivity contribution in [3.63, 3.8) is 0 Å². The number of amides is 1. The van der Waals surface area contributed by atoms with Crippen molar-refractivity contribution >= 4 is 5.91 Å². The molecule has 0 saturated carbocycles. The molecule has 1 aliphatic heterocycles. The summed E-state index contributed by atoms with van der Waals surface area (Å²) < 4.78 is 12.9. The maximum Gasteiger partial charge on any atom is 0.230 e. The Bertz CT molecular complexity index is 664. The molecule has 1 aliphatic rings. The Balaban J connectivity index is 1.67. The minimum atomic E-state index is -0.449. The van der Waals surface area contributed by atoms with E-state index < -0.39 is 5.41 Å². The Morgan fingerprint density at radius 2 is 1.71 bits per heavy atom. The fourth-order valence-corrected chi connectivity index (χ4v) is 3.40. The van der Waals surface area contributed by atoms with Crippen LogP contribution in [0.3, 0.4) is 0 Å². The molecule has 0 aromatic heterocycles. The Labute approximate surface area is 142 Å². The van der Waals surface area contributed by atoms with Gasteiger partial charge in [0.15, 0.2) is 0 Å². The molecule has 2 aromatic rings. The average molecular weight is 326 g/mol. The summed E-state index contributed by atoms with van der Waals surface area (Å²) in [6.45, 7) is 2.26. The Morgan fingerprint density at radius 1 is 1.04 bits per heavy atom. The molecule has 126 valence electrons. The van der Waals surface area contributed by atoms with Crippen molar-refractivity contribution in [2.75, 3.05) is 19.6 Å². The highest BCUT2D eigenvalue weighted by molar-refractivity contribution is 5.88. The van der Waals surface area contributed by atoms with Crippen LogP contribution in [-0.2, 0) is 16.6 Å². The van der Waals surface area contributed by atoms with E-state index in [-0.39, 0.29) is 11.7 Å². The molecule has 3 nitrogen and oxygen atoms in total. The molecule has 24 heavy (non-hydrogen) atoms. The zero-order valence-electron chi connectivity index (χ0n) is 13.7. The van der Waals surface area contributed by atoms with Crippen molar-refractivity contribution in [1.82, 2.24) is 10.6 Å². The monoisotopic (exact) mass is 326 g/mol. The van der Waals surface area contributed by atoms with Crippen LogP contribution in [0.5, 0.6) is 0 Å². The van der Waals surface area contributed by atoms with Crippen molar-refractivity contribution in [3.05, 3.63) is 71.5 Å². The zero-order chi connectivity index (χ0) is 16.8. The molecule has 3 rings (SSSR count). The third kappa shape index (κ3) is 3.65. The van der Waals surface area contributed by atoms with Crippen LogP contribution in [0.4, 0.5) is 4.39 Å². The van der Waals surface area contributed by atoms with Crippen molar-refractivity contribution < 1.29 is 9.18 Å². The predicted octanol–water partition coefficient (Wildman–Crippen LogP) is 2.81. The normalized spacial score (nSPS) is 16.5. The van der Waals surface area contributed by atoms with Gasteiger partial charge in [-0.25, -0.2) is 4.39 Å². The van der Waals surface area contributed by atoms with Gasteiger partial charge in [0.25, 0.3) is 0 Å². The SMILES string of the molecule is O=C(NCCc1ccc(F)cc1)C1(c2ccccc2)CCNCC1. The van der Waals surface area contributed by atoms with Crippen molar-refractivity contribution in [2.24, 2.45) is 0 Å². The van der Waals surface area contributed by atoms with E-state index in [0.29, 0.717) is 13.0 Å². The van der Waals surface area contributed by atoms with Crippen LogP contribution in [-0.4, -0.2) is 25.5 Å². The van der Waals surface area contributed by atoms with E-state index in [1.54, 1.807) is 12.1 Å². The fourth-order valence-electron chi connectivity index (χ4n) is 3.40. The summed E-state index contributed by atoms with van der Waals surface area (Å²) in [5, 5.41) is 6.43. The minimum Gasteiger partial charge on any atom is -0.355 e. The highest BCUT2D eigenvalue weighted by Gasteiger charge is 2.40. The zero-order valence-corrected chi connectivity index (χ0v) is 13.7. The summed E-state index contributed by atoms with van der Waals surface area (Å²) in [5.41, 5.74) is 1.66. The molecule has 2 N–H and O–H groups in total. The molecule has 1 amide bonds. The summed E-state index contributed by atoms with van der Waals surface area (Å²) in [6.07, 6.45) is 2.31. The van der Waals surface area contributed by atoms with Gasteiger partial charge in [-0.3, -0.25) is 4.79 Å². The number of piperidine rings is 1. The molecular formula is C20H23FN2O. The molecule has 1 saturated heterocycles. The number of rotatable bonds is 5. The van der Waals surface area contributed by atoms with Gasteiger partial charge in [0.2, 0.25) is 5.91 Å². The topological polar surface area (TPSA) is 41.1 Å². The second-order valence-electron chi connectivity index (χ2n) is 6.33. The Morgan fingerprint density at radius 3 is 2.38 bits per heavy atom. The molecule has 4 heteroatoms. The maximum absolute atomic E-state index is 13.0. The third-order valence-corrected chi connectivity index (χ3v) is 4.83. The lowest BCUT2D eigenvalue weighted by atomic mass is 9.72. The molecule has 2 aromatic carbocycles. The van der Waals surface area contributed by atoms with Gasteiger partial charge in [0.1, 0.15) is 5.82 Å². The van der Waals surface area contributed by atoms with Crippen LogP contribution >= 0.6 is 0 Å². The number of halogens is 1. The maximum atomic E-state index is 13.0. The summed E-state index contributed by atoms with van der Waals surface area (Å²) in [5.74, 6) is -0.141. The lowest BCUT2D eigenvalue weighted by Gasteiger charge is -2.36. The first-order chi connectivity index (χ1) is 11.7. The van der Waals surface area contributed by atoms with Crippen LogP contribution in [0.1, 0.15) is 24.0 Å². The first kappa shape index (κ1) is 16.7. The number of carbonyl (C=O) groups excluding carboxylic acids is 1. The van der Waals surface area contributed by atoms with Gasteiger partial charge in [-0.1, -0.05) is 42.5 Å². The van der Waals surface area contributed by atoms with Crippen LogP contribution in [0, 0.1) is 5.82 Å². The Kier molecular flexibility index (Phi) is 5.26. The van der Waals surface area contributed by atoms with E-state index in [9.17, 15) is 9.18 Å². The Hall–Kier alpha value is -2.20. The molecule has 0 aliphatic carbocycles. The highest BCUT2D eigenvalue weighted by atomic mass is 19.1. The lowest BCUT2D eigenvalue weighted by molar-refractivity contribution is -0.127. The van der Waals surface area contributed by atoms with Crippen molar-refractivity contribution in [1.29, 1.82) is 0 Å². The average Bonchev–Trinajstić information content (AvgIpc) is 2.64. The van der Waals surface area contributed by atoms with Gasteiger partial charge in [-0.15, -0.1) is 0 Å². The second-order valence-corrected chi connectivity index (χ2v) is 6.33. The number of carbonyl (C=O) groups is 1. The standard InChI is InChI=1S/C20H23FN2O/c21-18-8-6-16(7-9-18)10-13-23-19(24)20(11-14-22-15-12-20)17-4-2-1-3-5-17/h1-9,22H,10-15H2,(H,23,24). The third-order valence-electron chi connectivity index (χ3n) is 4.83. The first-order valence-corrected chi connectivity index (χ1v) is 8.50. The van der Waals surface area contributed by atoms with E-state index >= 15 is 0 Å². The van der Waals surface area contributed by atoms with Gasteiger partial charge >= 0.3 is 0 Å². The molecular weight excluding hydrogens is 303 g/mol. The quantitative estimate of drug-likeness (QED) is 0.887. The largest absolute Gasteiger partial charge is 0.355 e. The van der Waals surface area contributed by atoms with Crippen LogP contribution in [0.2, 0.25) is 0 Å². The van der Waals surface area contributed by atoms with Crippen molar-refractivity contribution in [3.8, 4) is 0 Å². The van der Waals surface area contributed by atoms with Crippen LogP contribution in [0.25, 0.3) is 0 Å². The summed E-state index contributed by atoms with van der Waals surface area (Å²) in [4.78, 5) is 13.0. The second kappa shape index (κ2) is 7.58. The van der Waals surface area contributed by atoms with Crippen molar-refractivity contribution in [2.45, 2.75) is 24.7 Å².